The molecule has 2 unspecified atom stereocenters. The molecule has 8 atom stereocenters. The van der Waals surface area contributed by atoms with Crippen molar-refractivity contribution < 1.29 is 116 Å². The normalized spacial score (nSPS) is 15.6. The van der Waals surface area contributed by atoms with Crippen LogP contribution in [0.15, 0.2) is 109 Å². The average Bonchev–Trinajstić information content (AvgIpc) is 0.857. The number of carbonyl (C=O) groups excluding carboxylic acids is 6. The minimum atomic E-state index is -0.432. The highest BCUT2D eigenvalue weighted by atomic mass is 16.6. The highest BCUT2D eigenvalue weighted by Gasteiger charge is 2.32. The van der Waals surface area contributed by atoms with Crippen LogP contribution in [0.4, 0.5) is 0 Å². The van der Waals surface area contributed by atoms with Crippen molar-refractivity contribution in [3.8, 4) is 69.0 Å². The summed E-state index contributed by atoms with van der Waals surface area (Å²) in [5.74, 6) is 3.18. The Hall–Kier alpha value is -10.5. The first-order chi connectivity index (χ1) is 71.8. The first-order valence-corrected chi connectivity index (χ1v) is 55.9. The van der Waals surface area contributed by atoms with Gasteiger partial charge in [0.05, 0.1) is 56.3 Å². The van der Waals surface area contributed by atoms with E-state index < -0.39 is 11.9 Å². The highest BCUT2D eigenvalue weighted by Crippen LogP contribution is 2.35. The molecule has 30 heteroatoms. The average molecular weight is 2100 g/mol. The van der Waals surface area contributed by atoms with Crippen LogP contribution in [0.25, 0.3) is 0 Å². The van der Waals surface area contributed by atoms with Gasteiger partial charge >= 0.3 is 35.8 Å². The van der Waals surface area contributed by atoms with Crippen molar-refractivity contribution in [3.05, 3.63) is 143 Å². The van der Waals surface area contributed by atoms with Crippen LogP contribution in [0.3, 0.4) is 0 Å². The quantitative estimate of drug-likeness (QED) is 0.0117. The van der Waals surface area contributed by atoms with Crippen molar-refractivity contribution in [2.45, 2.75) is 315 Å². The van der Waals surface area contributed by atoms with E-state index in [1.165, 1.54) is 150 Å². The Morgan fingerprint density at radius 3 is 0.780 bits per heavy atom. The molecule has 844 valence electrons. The van der Waals surface area contributed by atoms with E-state index in [1.807, 2.05) is 55.9 Å². The molecular formula is C120H190N6O24. The van der Waals surface area contributed by atoms with Gasteiger partial charge in [0.25, 0.3) is 0 Å². The van der Waals surface area contributed by atoms with E-state index in [-0.39, 0.29) is 94.6 Å². The summed E-state index contributed by atoms with van der Waals surface area (Å²) < 4.78 is 66.5. The Bertz CT molecular complexity index is 4790. The molecule has 30 nitrogen and oxygen atoms in total. The second-order valence-corrected chi connectivity index (χ2v) is 42.0. The van der Waals surface area contributed by atoms with Gasteiger partial charge < -0.3 is 97.3 Å². The Morgan fingerprint density at radius 2 is 0.520 bits per heavy atom. The molecule has 0 bridgehead atoms. The van der Waals surface area contributed by atoms with Gasteiger partial charge in [-0.3, -0.25) is 19.6 Å². The molecule has 4 saturated heterocycles. The molecule has 4 aliphatic heterocycles. The number of hydrogen-bond acceptors (Lipinski definition) is 30. The number of nitrogens with zero attached hydrogens (tertiary/aromatic N) is 6. The summed E-state index contributed by atoms with van der Waals surface area (Å²) in [6.45, 7) is 51.8. The second kappa shape index (κ2) is 72.9. The molecule has 6 aromatic carbocycles. The van der Waals surface area contributed by atoms with Crippen LogP contribution in [-0.4, -0.2) is 292 Å². The number of likely N-dealkylation sites (tertiary alicyclic amines) is 4. The van der Waals surface area contributed by atoms with Gasteiger partial charge in [-0.05, 0) is 324 Å². The Morgan fingerprint density at radius 1 is 0.280 bits per heavy atom. The molecule has 4 fully saturated rings. The molecule has 6 N–H and O–H groups in total. The number of hydrogen-bond donors (Lipinski definition) is 6. The van der Waals surface area contributed by atoms with Gasteiger partial charge in [-0.1, -0.05) is 162 Å². The molecular weight excluding hydrogens is 1910 g/mol. The van der Waals surface area contributed by atoms with Gasteiger partial charge in [0.15, 0.2) is 34.5 Å². The fourth-order valence-corrected chi connectivity index (χ4v) is 18.3. The lowest BCUT2D eigenvalue weighted by Crippen LogP contribution is -2.43. The molecule has 4 heterocycles. The molecule has 0 aromatic heterocycles. The van der Waals surface area contributed by atoms with Crippen molar-refractivity contribution in [2.75, 3.05) is 160 Å². The maximum atomic E-state index is 12.7. The van der Waals surface area contributed by atoms with E-state index in [9.17, 15) is 59.4 Å². The summed E-state index contributed by atoms with van der Waals surface area (Å²) in [5.41, 5.74) is 2.30. The smallest absolute Gasteiger partial charge is 0.341 e. The minimum Gasteiger partial charge on any atom is -0.508 e. The monoisotopic (exact) mass is 2100 g/mol. The van der Waals surface area contributed by atoms with Crippen LogP contribution >= 0.6 is 0 Å². The standard InChI is InChI=1S/2C22H35NO4.2C21H33NO4.2C17H27NO4/c1-4-5-13-26-21-15-19(24)9-10-20(21)22(25)27-16-18(14-17(2)3)23-11-7-6-8-12-23;1-4-5-13-26-21-15-18(9-10-20(21)24)22(25)27-16-19(14-17(2)3)23-11-7-6-8-12-23;1-4-12-25-20-14-18(23)8-9-19(20)21(24)26-15-17(13-16(2)3)22-10-6-5-7-11-22;1-4-12-25-20-14-17(8-9-19(20)23)21(24)26-15-18(13-16(2)3)22-10-6-5-7-11-22;1-6-12(3)14(18(4)5)11-22-17(20)13-8-9-15(19)16(10-13)21-7-2;1-6-12(3)15(18(4)5)11-22-17(20)14-9-8-13(19)10-16(14)21-7-2/h9-10,15,17-18,24H,4-8,11-14,16H2,1-3H3;9-10,15,17,19,24H,4-8,11-14,16H2,1-3H3;8-9,14,16-17,23H,4-7,10-13,15H2,1-3H3;8-9,14,16,18,23H,4-7,10-13,15H2,1-3H3;8-10,12,14,19H,6-7,11H2,1-5H3;8-10,12,15,19H,6-7,11H2,1-5H3/t18-;19-;17-;18-;12?,14-;12?,15-/m000011/s1. The predicted molar refractivity (Wildman–Crippen MR) is 594 cm³/mol. The zero-order chi connectivity index (χ0) is 111. The number of rotatable bonds is 54. The third kappa shape index (κ3) is 48.6. The summed E-state index contributed by atoms with van der Waals surface area (Å²) in [6, 6.07) is 28.7. The molecule has 6 aromatic rings. The van der Waals surface area contributed by atoms with Crippen molar-refractivity contribution in [1.82, 2.24) is 29.4 Å². The fraction of sp³-hybridized carbons (Fsp3) is 0.650. The molecule has 0 radical (unpaired) electrons. The van der Waals surface area contributed by atoms with Gasteiger partial charge in [0, 0.05) is 54.5 Å². The first-order valence-electron chi connectivity index (χ1n) is 55.9. The largest absolute Gasteiger partial charge is 0.508 e. The van der Waals surface area contributed by atoms with Crippen LogP contribution in [0.2, 0.25) is 0 Å². The number of unbranched alkanes of at least 4 members (excludes halogenated alkanes) is 2. The molecule has 150 heavy (non-hydrogen) atoms. The number of benzene rings is 6. The van der Waals surface area contributed by atoms with Crippen LogP contribution in [-0.2, 0) is 28.4 Å². The number of carbonyl (C=O) groups is 6. The van der Waals surface area contributed by atoms with Crippen LogP contribution in [0.1, 0.15) is 341 Å². The Labute approximate surface area is 898 Å². The highest BCUT2D eigenvalue weighted by molar-refractivity contribution is 5.95. The molecule has 0 aliphatic carbocycles. The first kappa shape index (κ1) is 130. The molecule has 0 spiro atoms. The summed E-state index contributed by atoms with van der Waals surface area (Å²) in [4.78, 5) is 88.8. The zero-order valence-corrected chi connectivity index (χ0v) is 95.1. The molecule has 4 aliphatic rings. The summed E-state index contributed by atoms with van der Waals surface area (Å²) in [5, 5.41) is 58.3. The van der Waals surface area contributed by atoms with E-state index in [1.54, 1.807) is 36.4 Å². The van der Waals surface area contributed by atoms with E-state index >= 15 is 0 Å². The van der Waals surface area contributed by atoms with Crippen molar-refractivity contribution in [1.29, 1.82) is 0 Å². The number of esters is 6. The predicted octanol–water partition coefficient (Wildman–Crippen LogP) is 23.6. The topological polar surface area (TPSA) is 354 Å². The summed E-state index contributed by atoms with van der Waals surface area (Å²) >= 11 is 0. The summed E-state index contributed by atoms with van der Waals surface area (Å²) in [7, 11) is 7.94. The second-order valence-electron chi connectivity index (χ2n) is 42.0. The van der Waals surface area contributed by atoms with E-state index in [0.29, 0.717) is 183 Å². The number of phenolic OH excluding ortho intramolecular Hbond substituents is 6. The van der Waals surface area contributed by atoms with E-state index in [4.69, 9.17) is 56.8 Å². The third-order valence-electron chi connectivity index (χ3n) is 27.1. The zero-order valence-electron chi connectivity index (χ0n) is 95.1. The van der Waals surface area contributed by atoms with Gasteiger partial charge in [-0.2, -0.15) is 0 Å². The number of aromatic hydroxyl groups is 6. The molecule has 0 saturated carbocycles. The maximum absolute atomic E-state index is 12.7. The van der Waals surface area contributed by atoms with Crippen molar-refractivity contribution >= 4 is 35.8 Å². The maximum Gasteiger partial charge on any atom is 0.341 e. The van der Waals surface area contributed by atoms with Crippen LogP contribution < -0.4 is 28.4 Å². The fourth-order valence-electron chi connectivity index (χ4n) is 18.3. The van der Waals surface area contributed by atoms with Crippen LogP contribution in [0.5, 0.6) is 69.0 Å². The van der Waals surface area contributed by atoms with Gasteiger partial charge in [0.1, 0.15) is 90.8 Å². The molecule has 10 rings (SSSR count). The minimum absolute atomic E-state index is 0.0178. The van der Waals surface area contributed by atoms with E-state index in [0.717, 1.165) is 129 Å². The van der Waals surface area contributed by atoms with Crippen molar-refractivity contribution in [3.63, 3.8) is 0 Å². The van der Waals surface area contributed by atoms with Crippen molar-refractivity contribution in [2.24, 2.45) is 35.5 Å². The lowest BCUT2D eigenvalue weighted by Gasteiger charge is -2.35. The Kier molecular flexibility index (Phi) is 63.2. The number of ether oxygens (including phenoxy) is 12. The lowest BCUT2D eigenvalue weighted by molar-refractivity contribution is 0.0274. The molecule has 0 amide bonds. The van der Waals surface area contributed by atoms with Gasteiger partial charge in [-0.15, -0.1) is 0 Å². The number of piperidine rings is 4. The number of phenols is 6. The summed E-state index contributed by atoms with van der Waals surface area (Å²) in [6.07, 6.45) is 26.5. The SMILES string of the molecule is CCCCOc1cc(C(=O)OC[C@H](CC(C)C)N2CCCCC2)ccc1O.CCCCOc1cc(O)ccc1C(=O)OC[C@H](CC(C)C)N1CCCCC1.CCCOc1cc(C(=O)OC[C@H](CC(C)C)N2CCCCC2)ccc1O.CCCOc1cc(O)ccc1C(=O)OC[C@H](CC(C)C)N1CCCCC1.CCOc1cc(C(=O)OC[C@H](C(C)CC)N(C)C)ccc1O.CCOc1cc(O)ccc1C(=O)OC[C@H](C(C)CC)N(C)C. The van der Waals surface area contributed by atoms with Gasteiger partial charge in [-0.25, -0.2) is 28.8 Å². The lowest BCUT2D eigenvalue weighted by atomic mass is 9.99. The number of likely N-dealkylation sites (N-methyl/N-ethyl adjacent to an activating group) is 2. The Balaban J connectivity index is 0.000000317. The van der Waals surface area contributed by atoms with Crippen LogP contribution in [0, 0.1) is 35.5 Å². The van der Waals surface area contributed by atoms with E-state index in [2.05, 4.69) is 126 Å². The third-order valence-corrected chi connectivity index (χ3v) is 27.1. The van der Waals surface area contributed by atoms with Gasteiger partial charge in [0.2, 0.25) is 0 Å².